The minimum absolute atomic E-state index is 0.0243. The molecule has 0 N–H and O–H groups in total. The van der Waals surface area contributed by atoms with Gasteiger partial charge in [-0.3, -0.25) is 0 Å². The van der Waals surface area contributed by atoms with E-state index in [0.29, 0.717) is 0 Å². The molecule has 0 amide bonds. The molecule has 12 rings (SSSR count). The lowest BCUT2D eigenvalue weighted by atomic mass is 9.80. The van der Waals surface area contributed by atoms with Crippen LogP contribution >= 0.6 is 0 Å². The largest absolute Gasteiger partial charge is 0.344 e. The summed E-state index contributed by atoms with van der Waals surface area (Å²) < 4.78 is 2.24. The lowest BCUT2D eigenvalue weighted by Gasteiger charge is -2.23. The van der Waals surface area contributed by atoms with Gasteiger partial charge in [-0.05, 0) is 130 Å². The zero-order chi connectivity index (χ0) is 48.2. The maximum Gasteiger partial charge on any atom is 0.0488 e. The highest BCUT2D eigenvalue weighted by Gasteiger charge is 2.38. The molecule has 340 valence electrons. The summed E-state index contributed by atoms with van der Waals surface area (Å²) in [6.45, 7) is 30.9. The molecule has 0 aliphatic heterocycles. The van der Waals surface area contributed by atoms with Gasteiger partial charge in [0, 0.05) is 45.1 Å². The van der Waals surface area contributed by atoms with Crippen LogP contribution in [0.2, 0.25) is 0 Å². The molecule has 0 radical (unpaired) electrons. The average molecular weight is 878 g/mol. The molecule has 0 fully saturated rings. The van der Waals surface area contributed by atoms with Crippen molar-refractivity contribution in [2.45, 2.75) is 113 Å². The monoisotopic (exact) mass is 878 g/mol. The average Bonchev–Trinajstić information content (AvgIpc) is 3.92. The van der Waals surface area contributed by atoms with Crippen LogP contribution in [0.1, 0.15) is 125 Å². The van der Waals surface area contributed by atoms with Gasteiger partial charge in [-0.1, -0.05) is 225 Å². The Kier molecular flexibility index (Phi) is 12.6. The quantitative estimate of drug-likeness (QED) is 0.155. The van der Waals surface area contributed by atoms with Crippen molar-refractivity contribution in [1.29, 1.82) is 0 Å². The molecule has 3 aliphatic rings. The Balaban J connectivity index is 0.000000146. The van der Waals surface area contributed by atoms with Crippen molar-refractivity contribution in [2.75, 3.05) is 0 Å². The van der Waals surface area contributed by atoms with Gasteiger partial charge in [0.05, 0.1) is 0 Å². The van der Waals surface area contributed by atoms with Crippen LogP contribution in [0.3, 0.4) is 0 Å². The molecule has 0 saturated heterocycles. The SMILES string of the molecule is CC.CC.Cc1ccc2c(c1)C(C)(C)c1cc(-c3ccc4c(c3)C(C)(C)c3cc(C)ccc3-4)ccc1-2.Cc1ccc2c(c1)C(C)(C)c1cc(C)ccc1-2.Cn1c2ccccc2c2ccccc21. The molecule has 1 heteroatoms. The smallest absolute Gasteiger partial charge is 0.0488 e. The highest BCUT2D eigenvalue weighted by Crippen LogP contribution is 2.53. The van der Waals surface area contributed by atoms with E-state index in [1.807, 2.05) is 27.7 Å². The first kappa shape index (κ1) is 47.1. The maximum absolute atomic E-state index is 2.44. The van der Waals surface area contributed by atoms with Gasteiger partial charge in [-0.15, -0.1) is 0 Å². The molecular weight excluding hydrogens is 807 g/mol. The van der Waals surface area contributed by atoms with Gasteiger partial charge < -0.3 is 4.57 Å². The summed E-state index contributed by atoms with van der Waals surface area (Å²) in [5, 5.41) is 2.68. The summed E-state index contributed by atoms with van der Waals surface area (Å²) in [6, 6.07) is 58.7. The molecule has 1 heterocycles. The van der Waals surface area contributed by atoms with Crippen LogP contribution in [-0.4, -0.2) is 4.57 Å². The second kappa shape index (κ2) is 18.0. The van der Waals surface area contributed by atoms with Crippen molar-refractivity contribution in [2.24, 2.45) is 7.05 Å². The molecule has 67 heavy (non-hydrogen) atoms. The lowest BCUT2D eigenvalue weighted by molar-refractivity contribution is 0.659. The van der Waals surface area contributed by atoms with Gasteiger partial charge in [0.1, 0.15) is 0 Å². The van der Waals surface area contributed by atoms with E-state index in [2.05, 4.69) is 239 Å². The van der Waals surface area contributed by atoms with E-state index in [9.17, 15) is 0 Å². The summed E-state index contributed by atoms with van der Waals surface area (Å²) in [4.78, 5) is 0. The minimum atomic E-state index is 0.0243. The van der Waals surface area contributed by atoms with Gasteiger partial charge in [0.2, 0.25) is 0 Å². The van der Waals surface area contributed by atoms with Crippen molar-refractivity contribution in [3.63, 3.8) is 0 Å². The number of aromatic nitrogens is 1. The number of hydrogen-bond acceptors (Lipinski definition) is 0. The van der Waals surface area contributed by atoms with Gasteiger partial charge >= 0.3 is 0 Å². The number of rotatable bonds is 1. The van der Waals surface area contributed by atoms with Crippen LogP contribution < -0.4 is 0 Å². The maximum atomic E-state index is 2.44. The second-order valence-electron chi connectivity index (χ2n) is 20.2. The number of fused-ring (bicyclic) bond motifs is 12. The van der Waals surface area contributed by atoms with E-state index in [-0.39, 0.29) is 16.2 Å². The molecule has 8 aromatic carbocycles. The number of para-hydroxylation sites is 2. The number of nitrogens with zero attached hydrogens (tertiary/aromatic N) is 1. The number of benzene rings is 8. The Morgan fingerprint density at radius 3 is 0.821 bits per heavy atom. The van der Waals surface area contributed by atoms with Crippen LogP contribution in [0.4, 0.5) is 0 Å². The van der Waals surface area contributed by atoms with E-state index in [1.165, 1.54) is 122 Å². The molecule has 0 bridgehead atoms. The predicted octanol–water partition coefficient (Wildman–Crippen LogP) is 18.6. The first-order chi connectivity index (χ1) is 32.0. The van der Waals surface area contributed by atoms with Gasteiger partial charge in [-0.25, -0.2) is 0 Å². The summed E-state index contributed by atoms with van der Waals surface area (Å²) >= 11 is 0. The third-order valence-electron chi connectivity index (χ3n) is 14.8. The van der Waals surface area contributed by atoms with Crippen LogP contribution in [-0.2, 0) is 23.3 Å². The van der Waals surface area contributed by atoms with E-state index >= 15 is 0 Å². The molecular formula is C66H71N. The predicted molar refractivity (Wildman–Crippen MR) is 293 cm³/mol. The molecule has 9 aromatic rings. The Bertz CT molecular complexity index is 3090. The zero-order valence-electron chi connectivity index (χ0n) is 43.0. The first-order valence-electron chi connectivity index (χ1n) is 24.7. The van der Waals surface area contributed by atoms with E-state index in [4.69, 9.17) is 0 Å². The molecule has 0 unspecified atom stereocenters. The lowest BCUT2D eigenvalue weighted by Crippen LogP contribution is -2.15. The van der Waals surface area contributed by atoms with Gasteiger partial charge in [0.25, 0.3) is 0 Å². The number of aryl methyl sites for hydroxylation is 5. The van der Waals surface area contributed by atoms with E-state index in [0.717, 1.165) is 0 Å². The minimum Gasteiger partial charge on any atom is -0.344 e. The third-order valence-corrected chi connectivity index (χ3v) is 14.8. The fraction of sp³-hybridized carbons (Fsp3) is 0.273. The highest BCUT2D eigenvalue weighted by molar-refractivity contribution is 6.07. The summed E-state index contributed by atoms with van der Waals surface area (Å²) in [6.07, 6.45) is 0. The molecule has 1 nitrogen and oxygen atoms in total. The Morgan fingerprint density at radius 2 is 0.537 bits per heavy atom. The van der Waals surface area contributed by atoms with Crippen molar-refractivity contribution >= 4 is 21.8 Å². The van der Waals surface area contributed by atoms with Gasteiger partial charge in [-0.2, -0.15) is 0 Å². The summed E-state index contributed by atoms with van der Waals surface area (Å²) in [5.41, 5.74) is 27.9. The topological polar surface area (TPSA) is 4.93 Å². The normalized spacial score (nSPS) is 14.3. The Hall–Kier alpha value is -6.44. The molecule has 1 aromatic heterocycles. The molecule has 0 atom stereocenters. The van der Waals surface area contributed by atoms with E-state index in [1.54, 1.807) is 0 Å². The summed E-state index contributed by atoms with van der Waals surface area (Å²) in [5.74, 6) is 0. The van der Waals surface area contributed by atoms with Crippen molar-refractivity contribution in [1.82, 2.24) is 4.57 Å². The molecule has 0 spiro atoms. The Labute approximate surface area is 402 Å². The van der Waals surface area contributed by atoms with E-state index < -0.39 is 0 Å². The standard InChI is InChI=1S/C32H30.C17H18.C13H11N.2C2H6/c1-19-7-11-23-25-13-9-21(17-29(25)31(3,4)27(23)15-19)22-10-14-26-24-12-8-20(2)16-28(24)32(5,6)30(26)18-22;1-11-5-7-13-14-8-6-12(2)10-16(14)17(3,4)15(13)9-11;1-14-12-8-4-2-6-10(12)11-7-3-5-9-13(11)14;2*1-2/h7-18H,1-6H3;5-10H,1-4H3;2-9H,1H3;2*1-2H3. The third kappa shape index (κ3) is 7.95. The van der Waals surface area contributed by atoms with Gasteiger partial charge in [0.15, 0.2) is 0 Å². The fourth-order valence-electron chi connectivity index (χ4n) is 11.1. The highest BCUT2D eigenvalue weighted by atomic mass is 14.9. The van der Waals surface area contributed by atoms with Crippen molar-refractivity contribution in [3.8, 4) is 44.5 Å². The van der Waals surface area contributed by atoms with Crippen LogP contribution in [0, 0.1) is 27.7 Å². The second-order valence-corrected chi connectivity index (χ2v) is 20.2. The number of hydrogen-bond donors (Lipinski definition) is 0. The Morgan fingerprint density at radius 1 is 0.299 bits per heavy atom. The van der Waals surface area contributed by atoms with Crippen LogP contribution in [0.5, 0.6) is 0 Å². The van der Waals surface area contributed by atoms with Crippen molar-refractivity contribution in [3.05, 3.63) is 213 Å². The zero-order valence-corrected chi connectivity index (χ0v) is 43.0. The molecule has 0 saturated carbocycles. The molecule has 3 aliphatic carbocycles. The van der Waals surface area contributed by atoms with Crippen molar-refractivity contribution < 1.29 is 0 Å². The fourth-order valence-corrected chi connectivity index (χ4v) is 11.1. The summed E-state index contributed by atoms with van der Waals surface area (Å²) in [7, 11) is 2.12. The van der Waals surface area contributed by atoms with Crippen LogP contribution in [0.15, 0.2) is 158 Å². The van der Waals surface area contributed by atoms with Crippen LogP contribution in [0.25, 0.3) is 66.3 Å². The first-order valence-corrected chi connectivity index (χ1v) is 24.7.